The molecule has 2 nitrogen and oxygen atoms in total. The van der Waals surface area contributed by atoms with Crippen LogP contribution in [0.4, 0.5) is 0 Å². The minimum absolute atomic E-state index is 0.00162. The first kappa shape index (κ1) is 11.2. The van der Waals surface area contributed by atoms with Gasteiger partial charge in [0.2, 0.25) is 0 Å². The third-order valence-electron chi connectivity index (χ3n) is 1.40. The molecule has 1 aromatic heterocycles. The molecule has 0 bridgehead atoms. The third-order valence-corrected chi connectivity index (χ3v) is 4.66. The Morgan fingerprint density at radius 3 is 2.77 bits per heavy atom. The summed E-state index contributed by atoms with van der Waals surface area (Å²) in [4.78, 5) is 12.2. The van der Waals surface area contributed by atoms with Crippen LogP contribution in [0.25, 0.3) is 0 Å². The van der Waals surface area contributed by atoms with Gasteiger partial charge in [0.15, 0.2) is 0 Å². The molecule has 0 aliphatic rings. The number of hydrogen-bond acceptors (Lipinski definition) is 2. The minimum atomic E-state index is -0.00162. The maximum Gasteiger partial charge on any atom is 0.261 e. The first-order valence-electron chi connectivity index (χ1n) is 3.88. The van der Waals surface area contributed by atoms with Gasteiger partial charge in [-0.1, -0.05) is 6.92 Å². The predicted molar refractivity (Wildman–Crippen MR) is 62.3 cm³/mol. The first-order valence-corrected chi connectivity index (χ1v) is 6.28. The average molecular weight is 327 g/mol. The topological polar surface area (TPSA) is 29.1 Å². The molecule has 0 atom stereocenters. The van der Waals surface area contributed by atoms with Gasteiger partial charge in [-0.25, -0.2) is 0 Å². The fourth-order valence-corrected chi connectivity index (χ4v) is 2.74. The van der Waals surface area contributed by atoms with Crippen LogP contribution >= 0.6 is 43.2 Å². The second kappa shape index (κ2) is 5.12. The molecule has 13 heavy (non-hydrogen) atoms. The van der Waals surface area contributed by atoms with E-state index in [1.807, 2.05) is 13.0 Å². The fourth-order valence-electron chi connectivity index (χ4n) is 0.784. The van der Waals surface area contributed by atoms with Crippen molar-refractivity contribution in [1.82, 2.24) is 5.32 Å². The Hall–Kier alpha value is 0.130. The summed E-state index contributed by atoms with van der Waals surface area (Å²) in [6, 6.07) is 1.82. The molecule has 0 aliphatic heterocycles. The standard InChI is InChI=1S/C8H9Br2NOS/c1-2-3-11-8(12)6-4-5(9)7(10)13-6/h4H,2-3H2,1H3,(H,11,12). The number of nitrogens with one attached hydrogen (secondary N) is 1. The zero-order valence-electron chi connectivity index (χ0n) is 7.06. The number of rotatable bonds is 3. The van der Waals surface area contributed by atoms with E-state index >= 15 is 0 Å². The van der Waals surface area contributed by atoms with Crippen LogP contribution in [-0.2, 0) is 0 Å². The van der Waals surface area contributed by atoms with Gasteiger partial charge in [-0.05, 0) is 44.3 Å². The smallest absolute Gasteiger partial charge is 0.261 e. The van der Waals surface area contributed by atoms with Crippen molar-refractivity contribution < 1.29 is 4.79 Å². The molecule has 0 unspecified atom stereocenters. The van der Waals surface area contributed by atoms with Crippen LogP contribution < -0.4 is 5.32 Å². The third kappa shape index (κ3) is 3.07. The summed E-state index contributed by atoms with van der Waals surface area (Å²) < 4.78 is 1.88. The van der Waals surface area contributed by atoms with E-state index in [0.717, 1.165) is 26.1 Å². The molecular weight excluding hydrogens is 318 g/mol. The lowest BCUT2D eigenvalue weighted by atomic mass is 10.4. The van der Waals surface area contributed by atoms with E-state index in [1.165, 1.54) is 11.3 Å². The van der Waals surface area contributed by atoms with Gasteiger partial charge in [0, 0.05) is 11.0 Å². The summed E-state index contributed by atoms with van der Waals surface area (Å²) in [5.74, 6) is -0.00162. The van der Waals surface area contributed by atoms with Crippen molar-refractivity contribution in [3.8, 4) is 0 Å². The number of amides is 1. The second-order valence-electron chi connectivity index (χ2n) is 2.49. The number of thiophene rings is 1. The van der Waals surface area contributed by atoms with Crippen LogP contribution in [-0.4, -0.2) is 12.5 Å². The average Bonchev–Trinajstić information content (AvgIpc) is 2.43. The van der Waals surface area contributed by atoms with Crippen molar-refractivity contribution in [1.29, 1.82) is 0 Å². The highest BCUT2D eigenvalue weighted by atomic mass is 79.9. The van der Waals surface area contributed by atoms with Crippen LogP contribution in [0.3, 0.4) is 0 Å². The predicted octanol–water partition coefficient (Wildman–Crippen LogP) is 3.41. The fraction of sp³-hybridized carbons (Fsp3) is 0.375. The molecule has 0 fully saturated rings. The molecule has 72 valence electrons. The molecule has 0 aliphatic carbocycles. The summed E-state index contributed by atoms with van der Waals surface area (Å²) in [6.45, 7) is 2.76. The molecule has 0 spiro atoms. The van der Waals surface area contributed by atoms with Gasteiger partial charge in [-0.2, -0.15) is 0 Å². The lowest BCUT2D eigenvalue weighted by Gasteiger charge is -1.98. The first-order chi connectivity index (χ1) is 6.15. The Kier molecular flexibility index (Phi) is 4.41. The van der Waals surface area contributed by atoms with Crippen molar-refractivity contribution in [3.63, 3.8) is 0 Å². The summed E-state index contributed by atoms with van der Waals surface area (Å²) in [5, 5.41) is 2.82. The van der Waals surface area contributed by atoms with E-state index in [-0.39, 0.29) is 5.91 Å². The molecule has 0 saturated heterocycles. The molecule has 0 saturated carbocycles. The van der Waals surface area contributed by atoms with Crippen LogP contribution in [0, 0.1) is 0 Å². The molecule has 1 aromatic rings. The van der Waals surface area contributed by atoms with Gasteiger partial charge >= 0.3 is 0 Å². The SMILES string of the molecule is CCCNC(=O)c1cc(Br)c(Br)s1. The van der Waals surface area contributed by atoms with Crippen molar-refractivity contribution in [2.24, 2.45) is 0 Å². The lowest BCUT2D eigenvalue weighted by molar-refractivity contribution is 0.0957. The van der Waals surface area contributed by atoms with Crippen molar-refractivity contribution in [2.45, 2.75) is 13.3 Å². The monoisotopic (exact) mass is 325 g/mol. The minimum Gasteiger partial charge on any atom is -0.351 e. The highest BCUT2D eigenvalue weighted by Crippen LogP contribution is 2.32. The van der Waals surface area contributed by atoms with Crippen molar-refractivity contribution >= 4 is 49.1 Å². The number of carbonyl (C=O) groups is 1. The summed E-state index contributed by atoms with van der Waals surface area (Å²) in [7, 11) is 0. The second-order valence-corrected chi connectivity index (χ2v) is 5.71. The largest absolute Gasteiger partial charge is 0.351 e. The van der Waals surface area contributed by atoms with Gasteiger partial charge < -0.3 is 5.32 Å². The highest BCUT2D eigenvalue weighted by molar-refractivity contribution is 9.13. The van der Waals surface area contributed by atoms with Gasteiger partial charge in [0.1, 0.15) is 0 Å². The van der Waals surface area contributed by atoms with E-state index in [1.54, 1.807) is 0 Å². The molecule has 0 radical (unpaired) electrons. The molecular formula is C8H9Br2NOS. The Bertz CT molecular complexity index is 292. The number of carbonyl (C=O) groups excluding carboxylic acids is 1. The Balaban J connectivity index is 2.66. The Labute approximate surface area is 98.0 Å². The van der Waals surface area contributed by atoms with Gasteiger partial charge in [-0.15, -0.1) is 11.3 Å². The molecule has 0 aromatic carbocycles. The molecule has 5 heteroatoms. The van der Waals surface area contributed by atoms with E-state index < -0.39 is 0 Å². The summed E-state index contributed by atoms with van der Waals surface area (Å²) >= 11 is 8.11. The van der Waals surface area contributed by atoms with E-state index in [2.05, 4.69) is 37.2 Å². The zero-order chi connectivity index (χ0) is 9.84. The van der Waals surface area contributed by atoms with Crippen molar-refractivity contribution in [2.75, 3.05) is 6.54 Å². The number of halogens is 2. The maximum absolute atomic E-state index is 11.4. The van der Waals surface area contributed by atoms with Crippen LogP contribution in [0.2, 0.25) is 0 Å². The Morgan fingerprint density at radius 1 is 1.62 bits per heavy atom. The number of hydrogen-bond donors (Lipinski definition) is 1. The van der Waals surface area contributed by atoms with E-state index in [4.69, 9.17) is 0 Å². The molecule has 1 N–H and O–H groups in total. The lowest BCUT2D eigenvalue weighted by Crippen LogP contribution is -2.22. The van der Waals surface area contributed by atoms with Crippen molar-refractivity contribution in [3.05, 3.63) is 19.2 Å². The van der Waals surface area contributed by atoms with E-state index in [0.29, 0.717) is 0 Å². The van der Waals surface area contributed by atoms with E-state index in [9.17, 15) is 4.79 Å². The Morgan fingerprint density at radius 2 is 2.31 bits per heavy atom. The van der Waals surface area contributed by atoms with Gasteiger partial charge in [0.05, 0.1) is 8.66 Å². The van der Waals surface area contributed by atoms with Gasteiger partial charge in [-0.3, -0.25) is 4.79 Å². The van der Waals surface area contributed by atoms with Gasteiger partial charge in [0.25, 0.3) is 5.91 Å². The molecule has 1 amide bonds. The van der Waals surface area contributed by atoms with Crippen LogP contribution in [0.15, 0.2) is 14.3 Å². The molecule has 1 heterocycles. The molecule has 1 rings (SSSR count). The van der Waals surface area contributed by atoms with Crippen LogP contribution in [0.5, 0.6) is 0 Å². The zero-order valence-corrected chi connectivity index (χ0v) is 11.1. The summed E-state index contributed by atoms with van der Waals surface area (Å²) in [5.41, 5.74) is 0. The quantitative estimate of drug-likeness (QED) is 0.906. The maximum atomic E-state index is 11.4. The normalized spacial score (nSPS) is 10.1. The van der Waals surface area contributed by atoms with Crippen LogP contribution in [0.1, 0.15) is 23.0 Å². The highest BCUT2D eigenvalue weighted by Gasteiger charge is 2.10. The summed E-state index contributed by atoms with van der Waals surface area (Å²) in [6.07, 6.45) is 0.958.